The van der Waals surface area contributed by atoms with E-state index in [1.54, 1.807) is 20.8 Å². The first-order valence-corrected chi connectivity index (χ1v) is 6.24. The van der Waals surface area contributed by atoms with Gasteiger partial charge in [-0.1, -0.05) is 0 Å². The molecule has 0 saturated carbocycles. The van der Waals surface area contributed by atoms with Crippen molar-refractivity contribution in [2.24, 2.45) is 5.73 Å². The van der Waals surface area contributed by atoms with Crippen LogP contribution < -0.4 is 15.8 Å². The van der Waals surface area contributed by atoms with Gasteiger partial charge >= 0.3 is 5.69 Å². The molecule has 3 N–H and O–H groups in total. The van der Waals surface area contributed by atoms with Gasteiger partial charge in [0.25, 0.3) is 5.91 Å². The van der Waals surface area contributed by atoms with Crippen molar-refractivity contribution in [1.29, 1.82) is 0 Å². The Morgan fingerprint density at radius 3 is 2.57 bits per heavy atom. The van der Waals surface area contributed by atoms with Crippen molar-refractivity contribution in [1.82, 2.24) is 5.32 Å². The van der Waals surface area contributed by atoms with Gasteiger partial charge in [0.2, 0.25) is 0 Å². The molecule has 0 fully saturated rings. The number of hydrogen-bond donors (Lipinski definition) is 2. The first-order valence-electron chi connectivity index (χ1n) is 6.24. The number of halogens is 1. The number of nitrogens with two attached hydrogens (primary N) is 1. The highest BCUT2D eigenvalue weighted by Gasteiger charge is 2.22. The number of nitro groups is 1. The highest BCUT2D eigenvalue weighted by molar-refractivity contribution is 5.95. The first kappa shape index (κ1) is 19.1. The minimum absolute atomic E-state index is 0. The second-order valence-corrected chi connectivity index (χ2v) is 4.91. The van der Waals surface area contributed by atoms with E-state index in [1.165, 1.54) is 18.2 Å². The van der Waals surface area contributed by atoms with Crippen LogP contribution in [0.3, 0.4) is 0 Å². The minimum Gasteiger partial charge on any atom is -0.487 e. The maximum absolute atomic E-state index is 12.0. The van der Waals surface area contributed by atoms with Crippen molar-refractivity contribution < 1.29 is 14.5 Å². The number of benzene rings is 1. The molecule has 0 saturated heterocycles. The number of nitrogens with one attached hydrogen (secondary N) is 1. The van der Waals surface area contributed by atoms with Gasteiger partial charge in [-0.2, -0.15) is 0 Å². The smallest absolute Gasteiger partial charge is 0.311 e. The maximum atomic E-state index is 12.0. The third-order valence-corrected chi connectivity index (χ3v) is 2.68. The Labute approximate surface area is 129 Å². The lowest BCUT2D eigenvalue weighted by Gasteiger charge is -2.24. The van der Waals surface area contributed by atoms with Crippen molar-refractivity contribution in [3.05, 3.63) is 33.9 Å². The number of hydrogen-bond acceptors (Lipinski definition) is 5. The summed E-state index contributed by atoms with van der Waals surface area (Å²) in [7, 11) is 0. The van der Waals surface area contributed by atoms with Crippen molar-refractivity contribution in [2.75, 3.05) is 13.2 Å². The van der Waals surface area contributed by atoms with E-state index >= 15 is 0 Å². The molecule has 118 valence electrons. The molecule has 0 spiro atoms. The van der Waals surface area contributed by atoms with Crippen molar-refractivity contribution >= 4 is 24.0 Å². The summed E-state index contributed by atoms with van der Waals surface area (Å²) < 4.78 is 5.16. The largest absolute Gasteiger partial charge is 0.487 e. The molecule has 0 heterocycles. The van der Waals surface area contributed by atoms with E-state index in [4.69, 9.17) is 10.5 Å². The molecular weight excluding hydrogens is 298 g/mol. The standard InChI is InChI=1S/C13H19N3O4.ClH/c1-4-20-11-6-5-9(7-10(11)16(18)19)12(17)15-13(2,3)8-14;/h5-7H,4,8,14H2,1-3H3,(H,15,17);1H. The molecule has 7 nitrogen and oxygen atoms in total. The van der Waals surface area contributed by atoms with Crippen LogP contribution in [-0.2, 0) is 0 Å². The third kappa shape index (κ3) is 5.20. The molecule has 1 aromatic carbocycles. The average molecular weight is 318 g/mol. The topological polar surface area (TPSA) is 107 Å². The van der Waals surface area contributed by atoms with Crippen molar-refractivity contribution in [3.63, 3.8) is 0 Å². The molecule has 1 rings (SSSR count). The lowest BCUT2D eigenvalue weighted by molar-refractivity contribution is -0.385. The molecule has 1 aromatic rings. The number of carbonyl (C=O) groups excluding carboxylic acids is 1. The first-order chi connectivity index (χ1) is 9.30. The summed E-state index contributed by atoms with van der Waals surface area (Å²) in [6.45, 7) is 5.85. The van der Waals surface area contributed by atoms with Gasteiger partial charge in [0, 0.05) is 23.7 Å². The van der Waals surface area contributed by atoms with Crippen LogP contribution in [0.5, 0.6) is 5.75 Å². The third-order valence-electron chi connectivity index (χ3n) is 2.68. The number of rotatable bonds is 6. The molecule has 0 aliphatic rings. The van der Waals surface area contributed by atoms with E-state index < -0.39 is 16.4 Å². The van der Waals surface area contributed by atoms with Gasteiger partial charge in [0.05, 0.1) is 11.5 Å². The zero-order chi connectivity index (χ0) is 15.3. The Kier molecular flexibility index (Phi) is 7.11. The van der Waals surface area contributed by atoms with E-state index in [0.29, 0.717) is 6.61 Å². The Morgan fingerprint density at radius 1 is 1.48 bits per heavy atom. The summed E-state index contributed by atoms with van der Waals surface area (Å²) in [4.78, 5) is 22.4. The quantitative estimate of drug-likeness (QED) is 0.615. The van der Waals surface area contributed by atoms with Gasteiger partial charge in [-0.25, -0.2) is 0 Å². The predicted molar refractivity (Wildman–Crippen MR) is 82.1 cm³/mol. The Bertz CT molecular complexity index is 520. The van der Waals surface area contributed by atoms with Crippen LogP contribution in [0.1, 0.15) is 31.1 Å². The summed E-state index contributed by atoms with van der Waals surface area (Å²) >= 11 is 0. The lowest BCUT2D eigenvalue weighted by Crippen LogP contribution is -2.48. The maximum Gasteiger partial charge on any atom is 0.311 e. The second kappa shape index (κ2) is 7.80. The van der Waals surface area contributed by atoms with Gasteiger partial charge in [-0.05, 0) is 32.9 Å². The van der Waals surface area contributed by atoms with E-state index in [1.807, 2.05) is 0 Å². The number of ether oxygens (including phenoxy) is 1. The van der Waals surface area contributed by atoms with Gasteiger partial charge in [0.1, 0.15) is 0 Å². The fraction of sp³-hybridized carbons (Fsp3) is 0.462. The van der Waals surface area contributed by atoms with Gasteiger partial charge in [-0.3, -0.25) is 14.9 Å². The number of nitro benzene ring substituents is 1. The Balaban J connectivity index is 0.00000400. The van der Waals surface area contributed by atoms with Gasteiger partial charge in [-0.15, -0.1) is 12.4 Å². The molecule has 0 aliphatic heterocycles. The monoisotopic (exact) mass is 317 g/mol. The van der Waals surface area contributed by atoms with Crippen LogP contribution in [0.25, 0.3) is 0 Å². The van der Waals surface area contributed by atoms with E-state index in [0.717, 1.165) is 0 Å². The molecule has 21 heavy (non-hydrogen) atoms. The SMILES string of the molecule is CCOc1ccc(C(=O)NC(C)(C)CN)cc1[N+](=O)[O-].Cl. The van der Waals surface area contributed by atoms with Crippen LogP contribution in [0.2, 0.25) is 0 Å². The molecule has 0 aromatic heterocycles. The van der Waals surface area contributed by atoms with E-state index in [-0.39, 0.29) is 36.0 Å². The summed E-state index contributed by atoms with van der Waals surface area (Å²) in [5, 5.41) is 13.7. The Hall–Kier alpha value is -1.86. The second-order valence-electron chi connectivity index (χ2n) is 4.91. The highest BCUT2D eigenvalue weighted by atomic mass is 35.5. The van der Waals surface area contributed by atoms with Crippen LogP contribution in [0.15, 0.2) is 18.2 Å². The van der Waals surface area contributed by atoms with E-state index in [9.17, 15) is 14.9 Å². The zero-order valence-corrected chi connectivity index (χ0v) is 13.0. The van der Waals surface area contributed by atoms with Gasteiger partial charge in [0.15, 0.2) is 5.75 Å². The van der Waals surface area contributed by atoms with Crippen LogP contribution in [0, 0.1) is 10.1 Å². The van der Waals surface area contributed by atoms with Crippen molar-refractivity contribution in [2.45, 2.75) is 26.3 Å². The molecule has 0 unspecified atom stereocenters. The summed E-state index contributed by atoms with van der Waals surface area (Å²) in [5.74, 6) is -0.265. The average Bonchev–Trinajstić information content (AvgIpc) is 2.38. The van der Waals surface area contributed by atoms with Crippen LogP contribution >= 0.6 is 12.4 Å². The Morgan fingerprint density at radius 2 is 2.10 bits per heavy atom. The molecule has 0 radical (unpaired) electrons. The summed E-state index contributed by atoms with van der Waals surface area (Å²) in [6.07, 6.45) is 0. The van der Waals surface area contributed by atoms with E-state index in [2.05, 4.69) is 5.32 Å². The summed E-state index contributed by atoms with van der Waals surface area (Å²) in [6, 6.07) is 4.11. The number of nitrogens with zero attached hydrogens (tertiary/aromatic N) is 1. The van der Waals surface area contributed by atoms with Crippen LogP contribution in [-0.4, -0.2) is 29.5 Å². The van der Waals surface area contributed by atoms with Crippen molar-refractivity contribution in [3.8, 4) is 5.75 Å². The molecular formula is C13H20ClN3O4. The van der Waals surface area contributed by atoms with Crippen LogP contribution in [0.4, 0.5) is 5.69 Å². The minimum atomic E-state index is -0.579. The number of amides is 1. The normalized spacial score (nSPS) is 10.5. The molecule has 0 aliphatic carbocycles. The van der Waals surface area contributed by atoms with Gasteiger partial charge < -0.3 is 15.8 Å². The zero-order valence-electron chi connectivity index (χ0n) is 12.2. The molecule has 0 bridgehead atoms. The highest BCUT2D eigenvalue weighted by Crippen LogP contribution is 2.28. The summed E-state index contributed by atoms with van der Waals surface area (Å²) in [5.41, 5.74) is 4.92. The predicted octanol–water partition coefficient (Wildman–Crippen LogP) is 1.88. The molecule has 1 amide bonds. The fourth-order valence-corrected chi connectivity index (χ4v) is 1.51. The number of carbonyl (C=O) groups is 1. The fourth-order valence-electron chi connectivity index (χ4n) is 1.51. The molecule has 8 heteroatoms. The lowest BCUT2D eigenvalue weighted by atomic mass is 10.0. The molecule has 0 atom stereocenters.